The number of halogens is 2. The standard InChI is InChI=1S/C18H20BrN4.HI/c1-22-12-15(21-20-14-10-8-13(19)9-11-14)18-16(22)6-5-7-17(18)23(2,3)4;/h5-12H,1-4H3;1H/q+1;/p-1/b21-20+;. The van der Waals surface area contributed by atoms with Crippen molar-refractivity contribution in [2.45, 2.75) is 0 Å². The number of benzene rings is 2. The number of azo groups is 1. The van der Waals surface area contributed by atoms with Crippen LogP contribution >= 0.6 is 15.9 Å². The zero-order valence-corrected chi connectivity index (χ0v) is 17.9. The second-order valence-electron chi connectivity index (χ2n) is 6.49. The molecule has 3 aromatic rings. The number of fused-ring (bicyclic) bond motifs is 1. The summed E-state index contributed by atoms with van der Waals surface area (Å²) in [6.07, 6.45) is 2.03. The Hall–Kier alpha value is -1.25. The Balaban J connectivity index is 0.00000208. The molecule has 0 aliphatic heterocycles. The summed E-state index contributed by atoms with van der Waals surface area (Å²) in [6.45, 7) is 0. The molecule has 0 saturated carbocycles. The van der Waals surface area contributed by atoms with E-state index in [1.807, 2.05) is 37.5 Å². The molecule has 1 heterocycles. The maximum absolute atomic E-state index is 4.51. The molecule has 0 aliphatic rings. The molecule has 126 valence electrons. The van der Waals surface area contributed by atoms with E-state index in [-0.39, 0.29) is 24.0 Å². The molecule has 0 spiro atoms. The number of aromatic nitrogens is 1. The van der Waals surface area contributed by atoms with Crippen LogP contribution in [0.1, 0.15) is 0 Å². The van der Waals surface area contributed by atoms with Gasteiger partial charge in [-0.05, 0) is 36.4 Å². The van der Waals surface area contributed by atoms with E-state index in [0.29, 0.717) is 0 Å². The van der Waals surface area contributed by atoms with Crippen LogP contribution < -0.4 is 28.5 Å². The monoisotopic (exact) mass is 498 g/mol. The highest BCUT2D eigenvalue weighted by atomic mass is 127. The van der Waals surface area contributed by atoms with Gasteiger partial charge in [-0.2, -0.15) is 5.11 Å². The number of quaternary nitrogens is 1. The van der Waals surface area contributed by atoms with Gasteiger partial charge in [0.1, 0.15) is 11.4 Å². The molecule has 0 bridgehead atoms. The van der Waals surface area contributed by atoms with Crippen LogP contribution in [0.2, 0.25) is 0 Å². The largest absolute Gasteiger partial charge is 1.00 e. The topological polar surface area (TPSA) is 29.6 Å². The average molecular weight is 499 g/mol. The lowest BCUT2D eigenvalue weighted by Crippen LogP contribution is -3.00. The van der Waals surface area contributed by atoms with Crippen LogP contribution in [0.15, 0.2) is 63.4 Å². The third kappa shape index (κ3) is 3.87. The zero-order valence-electron chi connectivity index (χ0n) is 14.2. The number of rotatable bonds is 3. The van der Waals surface area contributed by atoms with Crippen molar-refractivity contribution in [3.8, 4) is 0 Å². The van der Waals surface area contributed by atoms with Crippen molar-refractivity contribution in [1.82, 2.24) is 9.05 Å². The predicted octanol–water partition coefficient (Wildman–Crippen LogP) is 2.56. The number of hydrogen-bond donors (Lipinski definition) is 0. The lowest BCUT2D eigenvalue weighted by atomic mass is 10.1. The van der Waals surface area contributed by atoms with Gasteiger partial charge in [-0.1, -0.05) is 22.0 Å². The first-order valence-electron chi connectivity index (χ1n) is 7.43. The van der Waals surface area contributed by atoms with Gasteiger partial charge < -0.3 is 28.5 Å². The SMILES string of the molecule is Cn1cc(/N=N/c2ccc(Br)cc2)c2c([N+](C)(C)C)cccc21.[I-]. The van der Waals surface area contributed by atoms with E-state index in [1.165, 1.54) is 11.2 Å². The number of hydrogen-bond acceptors (Lipinski definition) is 2. The fourth-order valence-corrected chi connectivity index (χ4v) is 2.92. The highest BCUT2D eigenvalue weighted by Crippen LogP contribution is 2.37. The Morgan fingerprint density at radius 1 is 0.958 bits per heavy atom. The van der Waals surface area contributed by atoms with Crippen molar-refractivity contribution in [1.29, 1.82) is 0 Å². The van der Waals surface area contributed by atoms with E-state index < -0.39 is 0 Å². The van der Waals surface area contributed by atoms with Gasteiger partial charge in [0, 0.05) is 17.7 Å². The van der Waals surface area contributed by atoms with E-state index in [1.54, 1.807) is 0 Å². The molecule has 6 heteroatoms. The predicted molar refractivity (Wildman–Crippen MR) is 101 cm³/mol. The highest BCUT2D eigenvalue weighted by Gasteiger charge is 2.20. The fraction of sp³-hybridized carbons (Fsp3) is 0.222. The summed E-state index contributed by atoms with van der Waals surface area (Å²) in [5.41, 5.74) is 4.13. The van der Waals surface area contributed by atoms with Crippen molar-refractivity contribution in [3.05, 3.63) is 53.1 Å². The minimum Gasteiger partial charge on any atom is -1.00 e. The summed E-state index contributed by atoms with van der Waals surface area (Å²) in [6, 6.07) is 14.2. The Morgan fingerprint density at radius 3 is 2.25 bits per heavy atom. The molecule has 0 fully saturated rings. The third-order valence-corrected chi connectivity index (χ3v) is 4.32. The first-order chi connectivity index (χ1) is 10.9. The van der Waals surface area contributed by atoms with Gasteiger partial charge in [0.2, 0.25) is 0 Å². The molecular weight excluding hydrogens is 479 g/mol. The summed E-state index contributed by atoms with van der Waals surface area (Å²) >= 11 is 3.43. The van der Waals surface area contributed by atoms with Gasteiger partial charge in [0.05, 0.1) is 37.7 Å². The molecule has 0 aliphatic carbocycles. The third-order valence-electron chi connectivity index (χ3n) is 3.80. The molecule has 0 saturated heterocycles. The quantitative estimate of drug-likeness (QED) is 0.302. The normalized spacial score (nSPS) is 11.9. The van der Waals surface area contributed by atoms with Crippen LogP contribution in [0.25, 0.3) is 10.9 Å². The summed E-state index contributed by atoms with van der Waals surface area (Å²) in [4.78, 5) is 0. The van der Waals surface area contributed by atoms with E-state index in [2.05, 4.69) is 70.1 Å². The van der Waals surface area contributed by atoms with Crippen molar-refractivity contribution in [2.24, 2.45) is 17.3 Å². The van der Waals surface area contributed by atoms with Crippen LogP contribution in [-0.2, 0) is 7.05 Å². The van der Waals surface area contributed by atoms with Gasteiger partial charge in [-0.3, -0.25) is 4.48 Å². The molecule has 0 atom stereocenters. The molecule has 3 rings (SSSR count). The van der Waals surface area contributed by atoms with Crippen LogP contribution in [0, 0.1) is 0 Å². The lowest BCUT2D eigenvalue weighted by Gasteiger charge is -2.24. The molecule has 0 amide bonds. The van der Waals surface area contributed by atoms with Crippen molar-refractivity contribution < 1.29 is 24.0 Å². The first kappa shape index (κ1) is 19.1. The van der Waals surface area contributed by atoms with E-state index in [0.717, 1.165) is 25.7 Å². The maximum Gasteiger partial charge on any atom is 0.143 e. The number of aryl methyl sites for hydroxylation is 1. The Morgan fingerprint density at radius 2 is 1.62 bits per heavy atom. The van der Waals surface area contributed by atoms with Crippen LogP contribution in [0.5, 0.6) is 0 Å². The highest BCUT2D eigenvalue weighted by molar-refractivity contribution is 9.10. The van der Waals surface area contributed by atoms with Crippen LogP contribution in [0.3, 0.4) is 0 Å². The van der Waals surface area contributed by atoms with Gasteiger partial charge in [0.15, 0.2) is 0 Å². The summed E-state index contributed by atoms with van der Waals surface area (Å²) in [5.74, 6) is 0. The molecule has 0 N–H and O–H groups in total. The van der Waals surface area contributed by atoms with Crippen molar-refractivity contribution in [2.75, 3.05) is 21.1 Å². The van der Waals surface area contributed by atoms with Crippen molar-refractivity contribution in [3.63, 3.8) is 0 Å². The molecular formula is C18H20BrIN4. The van der Waals surface area contributed by atoms with E-state index in [9.17, 15) is 0 Å². The van der Waals surface area contributed by atoms with E-state index in [4.69, 9.17) is 0 Å². The molecule has 0 radical (unpaired) electrons. The Labute approximate surface area is 167 Å². The fourth-order valence-electron chi connectivity index (χ4n) is 2.66. The lowest BCUT2D eigenvalue weighted by molar-refractivity contribution is -0.00000487. The first-order valence-corrected chi connectivity index (χ1v) is 8.23. The number of nitrogens with zero attached hydrogens (tertiary/aromatic N) is 4. The summed E-state index contributed by atoms with van der Waals surface area (Å²) < 4.78 is 3.88. The van der Waals surface area contributed by atoms with Gasteiger partial charge in [-0.15, -0.1) is 5.11 Å². The minimum absolute atomic E-state index is 0. The van der Waals surface area contributed by atoms with Gasteiger partial charge >= 0.3 is 0 Å². The average Bonchev–Trinajstić information content (AvgIpc) is 2.82. The van der Waals surface area contributed by atoms with Crippen LogP contribution in [-0.4, -0.2) is 25.7 Å². The van der Waals surface area contributed by atoms with E-state index >= 15 is 0 Å². The van der Waals surface area contributed by atoms with Gasteiger partial charge in [-0.25, -0.2) is 0 Å². The molecule has 2 aromatic carbocycles. The Bertz CT molecular complexity index is 876. The molecule has 24 heavy (non-hydrogen) atoms. The zero-order chi connectivity index (χ0) is 16.6. The van der Waals surface area contributed by atoms with Crippen molar-refractivity contribution >= 4 is 43.9 Å². The Kier molecular flexibility index (Phi) is 5.83. The van der Waals surface area contributed by atoms with Crippen LogP contribution in [0.4, 0.5) is 17.1 Å². The summed E-state index contributed by atoms with van der Waals surface area (Å²) in [5, 5.41) is 10.1. The maximum atomic E-state index is 4.51. The molecule has 4 nitrogen and oxygen atoms in total. The minimum atomic E-state index is 0. The molecule has 1 aromatic heterocycles. The smallest absolute Gasteiger partial charge is 0.143 e. The molecule has 0 unspecified atom stereocenters. The van der Waals surface area contributed by atoms with Gasteiger partial charge in [0.25, 0.3) is 0 Å². The summed E-state index contributed by atoms with van der Waals surface area (Å²) in [7, 11) is 8.53. The second kappa shape index (κ2) is 7.33. The second-order valence-corrected chi connectivity index (χ2v) is 7.40.